The number of fused-ring (bicyclic) bond motifs is 2. The van der Waals surface area contributed by atoms with E-state index < -0.39 is 29.9 Å². The molecular weight excluding hydrogens is 476 g/mol. The number of methoxy groups -OCH3 is 1. The van der Waals surface area contributed by atoms with E-state index in [1.165, 1.54) is 7.11 Å². The number of rotatable bonds is 2. The smallest absolute Gasteiger partial charge is 0.342 e. The predicted octanol–water partition coefficient (Wildman–Crippen LogP) is 5.10. The van der Waals surface area contributed by atoms with Crippen LogP contribution in [0.3, 0.4) is 0 Å². The van der Waals surface area contributed by atoms with Crippen molar-refractivity contribution < 1.29 is 38.5 Å². The predicted molar refractivity (Wildman–Crippen MR) is 135 cm³/mol. The molecule has 0 unspecified atom stereocenters. The lowest BCUT2D eigenvalue weighted by Crippen LogP contribution is -2.23. The van der Waals surface area contributed by atoms with Crippen molar-refractivity contribution in [1.29, 1.82) is 0 Å². The number of aromatic hydroxyl groups is 1. The molecule has 8 nitrogen and oxygen atoms in total. The van der Waals surface area contributed by atoms with Crippen molar-refractivity contribution in [3.8, 4) is 11.5 Å². The molecule has 8 heteroatoms. The molecule has 0 amide bonds. The van der Waals surface area contributed by atoms with Crippen LogP contribution in [0.1, 0.15) is 95.2 Å². The molecule has 2 aliphatic heterocycles. The average molecular weight is 507 g/mol. The zero-order valence-corrected chi connectivity index (χ0v) is 21.0. The summed E-state index contributed by atoms with van der Waals surface area (Å²) < 4.78 is 15.9. The van der Waals surface area contributed by atoms with Crippen LogP contribution in [-0.2, 0) is 19.1 Å². The first-order valence-corrected chi connectivity index (χ1v) is 12.5. The minimum Gasteiger partial charge on any atom is -0.507 e. The SMILES string of the molecule is COC(=O)c1ccc([C@H]2CC(=O)Oc3cc4c(c(O)c32)C(=O)O[C@H](C)CCCC(=O)CCCC=C4)cc1. The molecule has 2 heterocycles. The Balaban J connectivity index is 1.78. The van der Waals surface area contributed by atoms with Gasteiger partial charge in [-0.1, -0.05) is 24.3 Å². The van der Waals surface area contributed by atoms with Gasteiger partial charge in [-0.3, -0.25) is 9.59 Å². The maximum Gasteiger partial charge on any atom is 0.342 e. The Morgan fingerprint density at radius 1 is 1.08 bits per heavy atom. The lowest BCUT2D eigenvalue weighted by Gasteiger charge is -2.27. The lowest BCUT2D eigenvalue weighted by molar-refractivity contribution is -0.135. The quantitative estimate of drug-likeness (QED) is 0.442. The normalized spacial score (nSPS) is 20.6. The van der Waals surface area contributed by atoms with Gasteiger partial charge in [0.1, 0.15) is 22.8 Å². The molecule has 0 aromatic heterocycles. The van der Waals surface area contributed by atoms with Gasteiger partial charge in [0, 0.05) is 24.3 Å². The number of phenolic OH excluding ortho intramolecular Hbond substituents is 1. The fourth-order valence-electron chi connectivity index (χ4n) is 4.77. The van der Waals surface area contributed by atoms with E-state index in [1.54, 1.807) is 43.3 Å². The van der Waals surface area contributed by atoms with Gasteiger partial charge in [0.05, 0.1) is 25.2 Å². The van der Waals surface area contributed by atoms with Crippen molar-refractivity contribution in [2.24, 2.45) is 0 Å². The zero-order valence-electron chi connectivity index (χ0n) is 21.0. The fraction of sp³-hybridized carbons (Fsp3) is 0.379. The summed E-state index contributed by atoms with van der Waals surface area (Å²) in [5.41, 5.74) is 1.70. The topological polar surface area (TPSA) is 116 Å². The number of carbonyl (C=O) groups is 4. The molecule has 0 spiro atoms. The van der Waals surface area contributed by atoms with E-state index in [2.05, 4.69) is 0 Å². The molecule has 1 N–H and O–H groups in total. The van der Waals surface area contributed by atoms with E-state index in [4.69, 9.17) is 14.2 Å². The summed E-state index contributed by atoms with van der Waals surface area (Å²) in [6, 6.07) is 8.11. The number of benzene rings is 2. The third kappa shape index (κ3) is 5.90. The van der Waals surface area contributed by atoms with Gasteiger partial charge in [-0.2, -0.15) is 0 Å². The van der Waals surface area contributed by atoms with Crippen molar-refractivity contribution in [3.05, 3.63) is 64.2 Å². The van der Waals surface area contributed by atoms with Crippen molar-refractivity contribution in [1.82, 2.24) is 0 Å². The third-order valence-electron chi connectivity index (χ3n) is 6.71. The minimum absolute atomic E-state index is 0.00381. The van der Waals surface area contributed by atoms with Crippen LogP contribution in [-0.4, -0.2) is 42.0 Å². The Hall–Kier alpha value is -3.94. The summed E-state index contributed by atoms with van der Waals surface area (Å²) in [5, 5.41) is 11.4. The van der Waals surface area contributed by atoms with E-state index >= 15 is 0 Å². The fourth-order valence-corrected chi connectivity index (χ4v) is 4.77. The molecule has 0 bridgehead atoms. The second kappa shape index (κ2) is 11.4. The molecule has 0 saturated carbocycles. The van der Waals surface area contributed by atoms with E-state index in [9.17, 15) is 24.3 Å². The Kier molecular flexibility index (Phi) is 8.06. The van der Waals surface area contributed by atoms with E-state index in [0.717, 1.165) is 0 Å². The van der Waals surface area contributed by atoms with Gasteiger partial charge in [0.25, 0.3) is 0 Å². The number of phenols is 1. The Morgan fingerprint density at radius 3 is 2.54 bits per heavy atom. The number of hydrogen-bond acceptors (Lipinski definition) is 8. The number of ether oxygens (including phenoxy) is 3. The zero-order chi connectivity index (χ0) is 26.5. The van der Waals surface area contributed by atoms with Crippen molar-refractivity contribution in [3.63, 3.8) is 0 Å². The molecule has 194 valence electrons. The number of ketones is 1. The van der Waals surface area contributed by atoms with Gasteiger partial charge in [0.15, 0.2) is 0 Å². The third-order valence-corrected chi connectivity index (χ3v) is 6.71. The summed E-state index contributed by atoms with van der Waals surface area (Å²) in [4.78, 5) is 49.7. The van der Waals surface area contributed by atoms with Crippen LogP contribution in [0.5, 0.6) is 11.5 Å². The summed E-state index contributed by atoms with van der Waals surface area (Å²) in [6.45, 7) is 1.76. The molecular formula is C29H30O8. The maximum absolute atomic E-state index is 13.3. The number of hydrogen-bond donors (Lipinski definition) is 1. The van der Waals surface area contributed by atoms with Gasteiger partial charge in [-0.05, 0) is 61.9 Å². The van der Waals surface area contributed by atoms with Crippen molar-refractivity contribution in [2.75, 3.05) is 7.11 Å². The summed E-state index contributed by atoms with van der Waals surface area (Å²) in [5.74, 6) is -2.20. The highest BCUT2D eigenvalue weighted by atomic mass is 16.5. The van der Waals surface area contributed by atoms with Crippen LogP contribution in [0.15, 0.2) is 36.4 Å². The highest BCUT2D eigenvalue weighted by Gasteiger charge is 2.35. The van der Waals surface area contributed by atoms with Crippen LogP contribution in [0, 0.1) is 0 Å². The van der Waals surface area contributed by atoms with Crippen molar-refractivity contribution in [2.45, 2.75) is 63.9 Å². The number of esters is 3. The van der Waals surface area contributed by atoms with Gasteiger partial charge < -0.3 is 19.3 Å². The second-order valence-electron chi connectivity index (χ2n) is 9.39. The van der Waals surface area contributed by atoms with Gasteiger partial charge in [-0.25, -0.2) is 9.59 Å². The Morgan fingerprint density at radius 2 is 1.81 bits per heavy atom. The Bertz CT molecular complexity index is 1240. The number of carbonyl (C=O) groups excluding carboxylic acids is 4. The summed E-state index contributed by atoms with van der Waals surface area (Å²) >= 11 is 0. The second-order valence-corrected chi connectivity index (χ2v) is 9.39. The molecule has 0 radical (unpaired) electrons. The van der Waals surface area contributed by atoms with Crippen LogP contribution < -0.4 is 4.74 Å². The molecule has 4 rings (SSSR count). The monoisotopic (exact) mass is 506 g/mol. The first-order valence-electron chi connectivity index (χ1n) is 12.5. The van der Waals surface area contributed by atoms with Gasteiger partial charge in [-0.15, -0.1) is 0 Å². The van der Waals surface area contributed by atoms with E-state index in [0.29, 0.717) is 60.8 Å². The standard InChI is InChI=1S/C29H30O8/c1-17-7-6-10-21(30)9-5-3-4-8-20-15-23-26(27(32)25(20)29(34)36-17)22(16-24(31)37-23)18-11-13-19(14-12-18)28(33)35-2/h4,8,11-15,17,22,32H,3,5-7,9-10,16H2,1-2H3/t17-,22-/m1/s1. The molecule has 2 atom stereocenters. The van der Waals surface area contributed by atoms with Gasteiger partial charge in [0.2, 0.25) is 0 Å². The van der Waals surface area contributed by atoms with Crippen LogP contribution in [0.4, 0.5) is 0 Å². The number of cyclic esters (lactones) is 1. The maximum atomic E-state index is 13.3. The molecule has 0 aliphatic carbocycles. The number of Topliss-reactive ketones (excluding diaryl/α,β-unsaturated/α-hetero) is 1. The molecule has 0 saturated heterocycles. The first-order chi connectivity index (χ1) is 17.8. The summed E-state index contributed by atoms with van der Waals surface area (Å²) in [7, 11) is 1.29. The average Bonchev–Trinajstić information content (AvgIpc) is 2.87. The van der Waals surface area contributed by atoms with Crippen LogP contribution in [0.2, 0.25) is 0 Å². The highest BCUT2D eigenvalue weighted by molar-refractivity contribution is 5.98. The molecule has 2 aliphatic rings. The highest BCUT2D eigenvalue weighted by Crippen LogP contribution is 2.47. The number of allylic oxidation sites excluding steroid dienone is 1. The van der Waals surface area contributed by atoms with Crippen LogP contribution in [0.25, 0.3) is 6.08 Å². The molecule has 2 aromatic rings. The van der Waals surface area contributed by atoms with Crippen molar-refractivity contribution >= 4 is 29.8 Å². The minimum atomic E-state index is -0.687. The first kappa shape index (κ1) is 26.1. The van der Waals surface area contributed by atoms with Gasteiger partial charge >= 0.3 is 17.9 Å². The largest absolute Gasteiger partial charge is 0.507 e. The molecule has 0 fully saturated rings. The van der Waals surface area contributed by atoms with E-state index in [-0.39, 0.29) is 29.3 Å². The lowest BCUT2D eigenvalue weighted by atomic mass is 9.83. The Labute approximate surface area is 215 Å². The van der Waals surface area contributed by atoms with E-state index in [1.807, 2.05) is 6.08 Å². The molecule has 37 heavy (non-hydrogen) atoms. The van der Waals surface area contributed by atoms with Crippen LogP contribution >= 0.6 is 0 Å². The molecule has 2 aromatic carbocycles. The summed E-state index contributed by atoms with van der Waals surface area (Å²) in [6.07, 6.45) is 6.38.